The Morgan fingerprint density at radius 3 is 2.82 bits per heavy atom. The second-order valence-electron chi connectivity index (χ2n) is 6.97. The van der Waals surface area contributed by atoms with Crippen molar-refractivity contribution in [2.45, 2.75) is 25.3 Å². The van der Waals surface area contributed by atoms with Gasteiger partial charge in [0.15, 0.2) is 0 Å². The van der Waals surface area contributed by atoms with Crippen LogP contribution in [0.5, 0.6) is 5.75 Å². The van der Waals surface area contributed by atoms with Gasteiger partial charge in [-0.15, -0.1) is 0 Å². The number of hydrogen-bond acceptors (Lipinski definition) is 4. The fraction of sp³-hybridized carbons (Fsp3) is 0.364. The highest BCUT2D eigenvalue weighted by Crippen LogP contribution is 2.31. The molecule has 2 aromatic heterocycles. The minimum atomic E-state index is -0.0341. The van der Waals surface area contributed by atoms with Gasteiger partial charge in [-0.25, -0.2) is 4.98 Å². The molecule has 6 nitrogen and oxygen atoms in total. The quantitative estimate of drug-likeness (QED) is 0.641. The number of rotatable bonds is 7. The number of pyridine rings is 1. The maximum atomic E-state index is 12.6. The molecule has 1 fully saturated rings. The first-order valence-corrected chi connectivity index (χ1v) is 9.78. The van der Waals surface area contributed by atoms with Crippen LogP contribution in [-0.4, -0.2) is 41.8 Å². The lowest BCUT2D eigenvalue weighted by Crippen LogP contribution is -2.32. The van der Waals surface area contributed by atoms with E-state index in [1.54, 1.807) is 6.20 Å². The highest BCUT2D eigenvalue weighted by molar-refractivity contribution is 5.82. The summed E-state index contributed by atoms with van der Waals surface area (Å²) in [6, 6.07) is 15.8. The molecule has 3 heterocycles. The summed E-state index contributed by atoms with van der Waals surface area (Å²) in [6.07, 6.45) is 3.73. The van der Waals surface area contributed by atoms with Crippen LogP contribution in [0.1, 0.15) is 24.5 Å². The molecule has 1 saturated heterocycles. The van der Waals surface area contributed by atoms with Gasteiger partial charge < -0.3 is 19.4 Å². The van der Waals surface area contributed by atoms with Crippen LogP contribution in [0.25, 0.3) is 11.0 Å². The number of aromatic nitrogens is 2. The van der Waals surface area contributed by atoms with E-state index in [9.17, 15) is 4.79 Å². The molecule has 4 rings (SSSR count). The van der Waals surface area contributed by atoms with Gasteiger partial charge in [-0.05, 0) is 43.2 Å². The van der Waals surface area contributed by atoms with Gasteiger partial charge in [0.1, 0.15) is 24.5 Å². The average molecular weight is 379 g/mol. The molecule has 146 valence electrons. The molecular formula is C22H25N3O3. The van der Waals surface area contributed by atoms with Crippen molar-refractivity contribution in [1.29, 1.82) is 0 Å². The van der Waals surface area contributed by atoms with Gasteiger partial charge >= 0.3 is 0 Å². The van der Waals surface area contributed by atoms with Crippen LogP contribution in [0.4, 0.5) is 0 Å². The number of amides is 1. The molecular weight excluding hydrogens is 354 g/mol. The fourth-order valence-electron chi connectivity index (χ4n) is 3.68. The zero-order chi connectivity index (χ0) is 19.2. The fourth-order valence-corrected chi connectivity index (χ4v) is 3.68. The summed E-state index contributed by atoms with van der Waals surface area (Å²) in [4.78, 5) is 17.1. The number of carbonyl (C=O) groups excluding carboxylic acids is 1. The lowest BCUT2D eigenvalue weighted by molar-refractivity contribution is -0.121. The number of carbonyl (C=O) groups is 1. The second kappa shape index (κ2) is 8.89. The van der Waals surface area contributed by atoms with Gasteiger partial charge in [-0.2, -0.15) is 0 Å². The van der Waals surface area contributed by atoms with Gasteiger partial charge in [0.25, 0.3) is 0 Å². The maximum Gasteiger partial charge on any atom is 0.240 e. The normalized spacial score (nSPS) is 14.9. The summed E-state index contributed by atoms with van der Waals surface area (Å²) in [5.41, 5.74) is 2.03. The number of nitrogens with zero attached hydrogens (tertiary/aromatic N) is 2. The van der Waals surface area contributed by atoms with Gasteiger partial charge in [0, 0.05) is 36.4 Å². The van der Waals surface area contributed by atoms with Crippen LogP contribution in [-0.2, 0) is 16.1 Å². The third kappa shape index (κ3) is 4.34. The first kappa shape index (κ1) is 18.5. The number of fused-ring (bicyclic) bond motifs is 1. The van der Waals surface area contributed by atoms with Crippen molar-refractivity contribution in [2.75, 3.05) is 26.4 Å². The molecule has 1 aliphatic rings. The van der Waals surface area contributed by atoms with Crippen molar-refractivity contribution < 1.29 is 14.3 Å². The third-order valence-electron chi connectivity index (χ3n) is 5.07. The lowest BCUT2D eigenvalue weighted by Gasteiger charge is -2.23. The predicted molar refractivity (Wildman–Crippen MR) is 107 cm³/mol. The molecule has 6 heteroatoms. The lowest BCUT2D eigenvalue weighted by atomic mass is 9.96. The van der Waals surface area contributed by atoms with E-state index in [1.165, 1.54) is 5.69 Å². The summed E-state index contributed by atoms with van der Waals surface area (Å²) in [6.45, 7) is 2.70. The Bertz CT molecular complexity index is 917. The molecule has 1 amide bonds. The standard InChI is InChI=1S/C22H25N3O3/c26-21(23-11-14-28-19-6-2-1-3-7-19)16-25-20(17-8-12-27-13-9-17)15-18-5-4-10-24-22(18)25/h1-7,10,15,17H,8-9,11-14,16H2,(H,23,26). The zero-order valence-electron chi connectivity index (χ0n) is 15.8. The van der Waals surface area contributed by atoms with Gasteiger partial charge in [-0.1, -0.05) is 18.2 Å². The van der Waals surface area contributed by atoms with E-state index >= 15 is 0 Å². The Morgan fingerprint density at radius 1 is 1.18 bits per heavy atom. The van der Waals surface area contributed by atoms with Crippen molar-refractivity contribution in [1.82, 2.24) is 14.9 Å². The Morgan fingerprint density at radius 2 is 2.00 bits per heavy atom. The van der Waals surface area contributed by atoms with Crippen molar-refractivity contribution in [3.63, 3.8) is 0 Å². The number of nitrogens with one attached hydrogen (secondary N) is 1. The van der Waals surface area contributed by atoms with Crippen LogP contribution in [0.2, 0.25) is 0 Å². The highest BCUT2D eigenvalue weighted by atomic mass is 16.5. The minimum Gasteiger partial charge on any atom is -0.492 e. The monoisotopic (exact) mass is 379 g/mol. The van der Waals surface area contributed by atoms with E-state index in [4.69, 9.17) is 9.47 Å². The van der Waals surface area contributed by atoms with Crippen molar-refractivity contribution in [3.05, 3.63) is 60.4 Å². The predicted octanol–water partition coefficient (Wildman–Crippen LogP) is 3.13. The number of ether oxygens (including phenoxy) is 2. The van der Waals surface area contributed by atoms with E-state index in [2.05, 4.69) is 20.9 Å². The van der Waals surface area contributed by atoms with Crippen LogP contribution >= 0.6 is 0 Å². The molecule has 0 radical (unpaired) electrons. The van der Waals surface area contributed by atoms with Gasteiger partial charge in [0.05, 0.1) is 6.54 Å². The Kier molecular flexibility index (Phi) is 5.87. The Hall–Kier alpha value is -2.86. The summed E-state index contributed by atoms with van der Waals surface area (Å²) in [5, 5.41) is 4.02. The molecule has 1 aliphatic heterocycles. The van der Waals surface area contributed by atoms with Crippen LogP contribution in [0, 0.1) is 0 Å². The van der Waals surface area contributed by atoms with Crippen molar-refractivity contribution >= 4 is 16.9 Å². The Labute approximate surface area is 164 Å². The molecule has 0 spiro atoms. The van der Waals surface area contributed by atoms with Crippen molar-refractivity contribution in [2.24, 2.45) is 0 Å². The third-order valence-corrected chi connectivity index (χ3v) is 5.07. The summed E-state index contributed by atoms with van der Waals surface area (Å²) < 4.78 is 13.2. The van der Waals surface area contributed by atoms with Crippen LogP contribution in [0.15, 0.2) is 54.7 Å². The first-order chi connectivity index (χ1) is 13.8. The first-order valence-electron chi connectivity index (χ1n) is 9.78. The van der Waals surface area contributed by atoms with Gasteiger partial charge in [0.2, 0.25) is 5.91 Å². The molecule has 1 aromatic carbocycles. The molecule has 1 N–H and O–H groups in total. The Balaban J connectivity index is 1.40. The molecule has 0 atom stereocenters. The highest BCUT2D eigenvalue weighted by Gasteiger charge is 2.22. The van der Waals surface area contributed by atoms with Crippen molar-refractivity contribution in [3.8, 4) is 5.75 Å². The molecule has 28 heavy (non-hydrogen) atoms. The van der Waals surface area contributed by atoms with E-state index in [0.717, 1.165) is 42.8 Å². The largest absolute Gasteiger partial charge is 0.492 e. The van der Waals surface area contributed by atoms with E-state index in [0.29, 0.717) is 19.1 Å². The van der Waals surface area contributed by atoms with E-state index in [1.807, 2.05) is 42.5 Å². The number of para-hydroxylation sites is 1. The zero-order valence-corrected chi connectivity index (χ0v) is 15.8. The van der Waals surface area contributed by atoms with Crippen LogP contribution < -0.4 is 10.1 Å². The average Bonchev–Trinajstić information content (AvgIpc) is 3.11. The van der Waals surface area contributed by atoms with E-state index in [-0.39, 0.29) is 12.5 Å². The van der Waals surface area contributed by atoms with Crippen LogP contribution in [0.3, 0.4) is 0 Å². The SMILES string of the molecule is O=C(Cn1c(C2CCOCC2)cc2cccnc21)NCCOc1ccccc1. The van der Waals surface area contributed by atoms with E-state index < -0.39 is 0 Å². The number of hydrogen-bond donors (Lipinski definition) is 1. The molecule has 0 aliphatic carbocycles. The molecule has 3 aromatic rings. The smallest absolute Gasteiger partial charge is 0.240 e. The number of benzene rings is 1. The molecule has 0 unspecified atom stereocenters. The molecule has 0 bridgehead atoms. The van der Waals surface area contributed by atoms with Gasteiger partial charge in [-0.3, -0.25) is 4.79 Å². The maximum absolute atomic E-state index is 12.6. The second-order valence-corrected chi connectivity index (χ2v) is 6.97. The molecule has 0 saturated carbocycles. The summed E-state index contributed by atoms with van der Waals surface area (Å²) >= 11 is 0. The topological polar surface area (TPSA) is 65.4 Å². The minimum absolute atomic E-state index is 0.0341. The summed E-state index contributed by atoms with van der Waals surface area (Å²) in [5.74, 6) is 1.17. The summed E-state index contributed by atoms with van der Waals surface area (Å²) in [7, 11) is 0.